The molecule has 0 spiro atoms. The lowest BCUT2D eigenvalue weighted by Gasteiger charge is -2.12. The molecule has 0 aliphatic heterocycles. The third kappa shape index (κ3) is 5.70. The van der Waals surface area contributed by atoms with Crippen molar-refractivity contribution >= 4 is 16.0 Å². The van der Waals surface area contributed by atoms with E-state index in [1.54, 1.807) is 0 Å². The van der Waals surface area contributed by atoms with Crippen molar-refractivity contribution in [2.75, 3.05) is 19.8 Å². The number of sulfonamides is 1. The van der Waals surface area contributed by atoms with Gasteiger partial charge in [-0.3, -0.25) is 0 Å². The van der Waals surface area contributed by atoms with Crippen LogP contribution in [0.4, 0.5) is 0 Å². The lowest BCUT2D eigenvalue weighted by atomic mass is 10.2. The predicted molar refractivity (Wildman–Crippen MR) is 75.9 cm³/mol. The number of carbonyl (C=O) groups is 1. The van der Waals surface area contributed by atoms with Gasteiger partial charge in [0.1, 0.15) is 17.3 Å². The molecule has 0 amide bonds. The molecule has 0 aromatic heterocycles. The van der Waals surface area contributed by atoms with Gasteiger partial charge in [-0.2, -0.15) is 0 Å². The van der Waals surface area contributed by atoms with Crippen LogP contribution in [0.2, 0.25) is 0 Å². The van der Waals surface area contributed by atoms with Crippen LogP contribution >= 0.6 is 0 Å². The summed E-state index contributed by atoms with van der Waals surface area (Å²) in [5, 5.41) is 13.9. The molecule has 0 fully saturated rings. The Hall–Kier alpha value is -1.64. The Morgan fingerprint density at radius 1 is 1.33 bits per heavy atom. The summed E-state index contributed by atoms with van der Waals surface area (Å²) >= 11 is 0. The van der Waals surface area contributed by atoms with Crippen molar-refractivity contribution in [1.82, 2.24) is 0 Å². The highest BCUT2D eigenvalue weighted by Gasteiger charge is 2.18. The Balaban J connectivity index is 2.80. The first-order valence-corrected chi connectivity index (χ1v) is 7.87. The zero-order valence-electron chi connectivity index (χ0n) is 11.9. The minimum Gasteiger partial charge on any atom is -0.490 e. The fourth-order valence-electron chi connectivity index (χ4n) is 1.51. The first-order chi connectivity index (χ1) is 9.71. The molecule has 0 unspecified atom stereocenters. The van der Waals surface area contributed by atoms with Crippen molar-refractivity contribution in [3.05, 3.63) is 23.8 Å². The average molecular weight is 317 g/mol. The van der Waals surface area contributed by atoms with Crippen molar-refractivity contribution in [3.63, 3.8) is 0 Å². The van der Waals surface area contributed by atoms with E-state index in [1.807, 2.05) is 13.8 Å². The largest absolute Gasteiger partial charge is 0.490 e. The van der Waals surface area contributed by atoms with E-state index < -0.39 is 16.0 Å². The number of carboxylic acid groups (broad SMARTS) is 1. The summed E-state index contributed by atoms with van der Waals surface area (Å²) < 4.78 is 33.6. The van der Waals surface area contributed by atoms with Crippen LogP contribution in [0.3, 0.4) is 0 Å². The van der Waals surface area contributed by atoms with Crippen molar-refractivity contribution in [1.29, 1.82) is 0 Å². The Morgan fingerprint density at radius 3 is 2.52 bits per heavy atom. The highest BCUT2D eigenvalue weighted by Crippen LogP contribution is 2.24. The maximum atomic E-state index is 11.5. The van der Waals surface area contributed by atoms with E-state index in [4.69, 9.17) is 19.7 Å². The lowest BCUT2D eigenvalue weighted by Crippen LogP contribution is -2.16. The van der Waals surface area contributed by atoms with Gasteiger partial charge in [0.05, 0.1) is 12.2 Å². The van der Waals surface area contributed by atoms with E-state index in [9.17, 15) is 13.2 Å². The predicted octanol–water partition coefficient (Wildman–Crippen LogP) is 1.08. The molecular formula is C13H19NO6S. The topological polar surface area (TPSA) is 116 Å². The van der Waals surface area contributed by atoms with Gasteiger partial charge in [0.25, 0.3) is 0 Å². The molecule has 0 atom stereocenters. The monoisotopic (exact) mass is 317 g/mol. The summed E-state index contributed by atoms with van der Waals surface area (Å²) in [5.74, 6) is -0.845. The van der Waals surface area contributed by atoms with E-state index in [1.165, 1.54) is 12.1 Å². The van der Waals surface area contributed by atoms with Gasteiger partial charge in [0.15, 0.2) is 0 Å². The van der Waals surface area contributed by atoms with Crippen molar-refractivity contribution < 1.29 is 27.8 Å². The molecule has 0 aliphatic rings. The molecule has 0 saturated carbocycles. The van der Waals surface area contributed by atoms with E-state index in [-0.39, 0.29) is 22.8 Å². The summed E-state index contributed by atoms with van der Waals surface area (Å²) in [5.41, 5.74) is -0.178. The second kappa shape index (κ2) is 7.39. The molecular weight excluding hydrogens is 298 g/mol. The molecule has 7 nitrogen and oxygen atoms in total. The van der Waals surface area contributed by atoms with E-state index in [2.05, 4.69) is 0 Å². The van der Waals surface area contributed by atoms with Crippen LogP contribution in [0, 0.1) is 5.92 Å². The molecule has 118 valence electrons. The highest BCUT2D eigenvalue weighted by molar-refractivity contribution is 7.89. The van der Waals surface area contributed by atoms with Crippen LogP contribution in [0.5, 0.6) is 5.75 Å². The Kier molecular flexibility index (Phi) is 6.13. The van der Waals surface area contributed by atoms with Crippen molar-refractivity contribution in [3.8, 4) is 5.75 Å². The number of ether oxygens (including phenoxy) is 2. The molecule has 1 rings (SSSR count). The summed E-state index contributed by atoms with van der Waals surface area (Å²) in [6, 6.07) is 3.49. The zero-order chi connectivity index (χ0) is 16.0. The number of hydrogen-bond donors (Lipinski definition) is 2. The molecule has 0 radical (unpaired) electrons. The van der Waals surface area contributed by atoms with E-state index in [0.717, 1.165) is 6.07 Å². The fourth-order valence-corrected chi connectivity index (χ4v) is 2.21. The van der Waals surface area contributed by atoms with Gasteiger partial charge < -0.3 is 14.6 Å². The van der Waals surface area contributed by atoms with Gasteiger partial charge in [-0.15, -0.1) is 0 Å². The number of benzene rings is 1. The van der Waals surface area contributed by atoms with Gasteiger partial charge in [-0.1, -0.05) is 13.8 Å². The number of hydrogen-bond acceptors (Lipinski definition) is 5. The number of primary sulfonamides is 1. The number of nitrogens with two attached hydrogens (primary N) is 1. The zero-order valence-corrected chi connectivity index (χ0v) is 12.7. The first-order valence-electron chi connectivity index (χ1n) is 6.32. The van der Waals surface area contributed by atoms with E-state index >= 15 is 0 Å². The second-order valence-electron chi connectivity index (χ2n) is 4.83. The first kappa shape index (κ1) is 17.4. The van der Waals surface area contributed by atoms with Gasteiger partial charge >= 0.3 is 5.97 Å². The van der Waals surface area contributed by atoms with Crippen LogP contribution in [0.25, 0.3) is 0 Å². The molecule has 0 saturated heterocycles. The number of rotatable bonds is 8. The molecule has 1 aromatic carbocycles. The third-order valence-electron chi connectivity index (χ3n) is 2.43. The molecule has 1 aromatic rings. The molecule has 0 bridgehead atoms. The van der Waals surface area contributed by atoms with Crippen LogP contribution < -0.4 is 9.88 Å². The van der Waals surface area contributed by atoms with Crippen LogP contribution in [-0.2, 0) is 14.8 Å². The van der Waals surface area contributed by atoms with Gasteiger partial charge in [-0.25, -0.2) is 18.4 Å². The quantitative estimate of drug-likeness (QED) is 0.693. The summed E-state index contributed by atoms with van der Waals surface area (Å²) in [6.07, 6.45) is 0. The maximum absolute atomic E-state index is 11.5. The highest BCUT2D eigenvalue weighted by atomic mass is 32.2. The second-order valence-corrected chi connectivity index (χ2v) is 6.36. The van der Waals surface area contributed by atoms with Crippen LogP contribution in [0.1, 0.15) is 24.2 Å². The van der Waals surface area contributed by atoms with Crippen LogP contribution in [0.15, 0.2) is 23.1 Å². The molecule has 21 heavy (non-hydrogen) atoms. The normalized spacial score (nSPS) is 11.6. The van der Waals surface area contributed by atoms with Gasteiger partial charge in [0, 0.05) is 6.61 Å². The Labute approximate surface area is 123 Å². The third-order valence-corrected chi connectivity index (χ3v) is 3.37. The van der Waals surface area contributed by atoms with Crippen LogP contribution in [-0.4, -0.2) is 39.3 Å². The number of aromatic carboxylic acids is 1. The maximum Gasteiger partial charge on any atom is 0.335 e. The van der Waals surface area contributed by atoms with Gasteiger partial charge in [0.2, 0.25) is 10.0 Å². The Morgan fingerprint density at radius 2 is 2.00 bits per heavy atom. The summed E-state index contributed by atoms with van der Waals surface area (Å²) in [6.45, 7) is 5.02. The molecule has 3 N–H and O–H groups in total. The average Bonchev–Trinajstić information content (AvgIpc) is 2.36. The fraction of sp³-hybridized carbons (Fsp3) is 0.462. The smallest absolute Gasteiger partial charge is 0.335 e. The van der Waals surface area contributed by atoms with Gasteiger partial charge in [-0.05, 0) is 24.1 Å². The molecule has 0 aliphatic carbocycles. The molecule has 8 heteroatoms. The minimum atomic E-state index is -4.07. The minimum absolute atomic E-state index is 0.00986. The standard InChI is InChI=1S/C13H19NO6S/c1-9(2)8-19-5-6-20-11-4-3-10(13(15)16)7-12(11)21(14,17)18/h3-4,7,9H,5-6,8H2,1-2H3,(H,15,16)(H2,14,17,18). The lowest BCUT2D eigenvalue weighted by molar-refractivity contribution is 0.0696. The SMILES string of the molecule is CC(C)COCCOc1ccc(C(=O)O)cc1S(N)(=O)=O. The summed E-state index contributed by atoms with van der Waals surface area (Å²) in [7, 11) is -4.07. The number of carboxylic acids is 1. The van der Waals surface area contributed by atoms with Crippen molar-refractivity contribution in [2.24, 2.45) is 11.1 Å². The molecule has 0 heterocycles. The Bertz CT molecular complexity index is 597. The van der Waals surface area contributed by atoms with E-state index in [0.29, 0.717) is 19.1 Å². The summed E-state index contributed by atoms with van der Waals surface area (Å²) in [4.78, 5) is 10.5. The van der Waals surface area contributed by atoms with Crippen molar-refractivity contribution in [2.45, 2.75) is 18.7 Å².